The Morgan fingerprint density at radius 2 is 2.15 bits per heavy atom. The van der Waals surface area contributed by atoms with Gasteiger partial charge in [-0.25, -0.2) is 0 Å². The molecule has 0 spiro atoms. The molecule has 3 N–H and O–H groups in total. The smallest absolute Gasteiger partial charge is 0.104 e. The van der Waals surface area contributed by atoms with Crippen LogP contribution < -0.4 is 5.73 Å². The molecule has 0 aromatic carbocycles. The minimum absolute atomic E-state index is 0.264. The predicted octanol–water partition coefficient (Wildman–Crippen LogP) is 2.62. The molecule has 2 nitrogen and oxygen atoms in total. The van der Waals surface area contributed by atoms with Crippen molar-refractivity contribution >= 4 is 17.6 Å². The number of nitrogens with one attached hydrogen (secondary N) is 1. The zero-order valence-corrected chi connectivity index (χ0v) is 9.20. The highest BCUT2D eigenvalue weighted by Crippen LogP contribution is 2.29. The Labute approximate surface area is 85.2 Å². The van der Waals surface area contributed by atoms with E-state index in [4.69, 9.17) is 11.1 Å². The zero-order chi connectivity index (χ0) is 9.68. The van der Waals surface area contributed by atoms with Gasteiger partial charge in [-0.2, -0.15) is 11.8 Å². The van der Waals surface area contributed by atoms with Crippen molar-refractivity contribution in [1.29, 1.82) is 5.41 Å². The lowest BCUT2D eigenvalue weighted by Gasteiger charge is -2.15. The van der Waals surface area contributed by atoms with E-state index in [-0.39, 0.29) is 5.25 Å². The largest absolute Gasteiger partial charge is 0.387 e. The second-order valence-corrected chi connectivity index (χ2v) is 5.07. The van der Waals surface area contributed by atoms with Crippen molar-refractivity contribution in [3.63, 3.8) is 0 Å². The standard InChI is InChI=1S/C10H20N2S/c1-2-9(10(11)12)13-7-8-5-3-4-6-8/h8-9H,2-7H2,1H3,(H3,11,12). The molecule has 76 valence electrons. The molecule has 1 saturated carbocycles. The molecule has 0 radical (unpaired) electrons. The quantitative estimate of drug-likeness (QED) is 0.529. The first-order chi connectivity index (χ1) is 6.24. The second kappa shape index (κ2) is 5.53. The molecule has 1 fully saturated rings. The molecule has 0 amide bonds. The van der Waals surface area contributed by atoms with E-state index in [0.717, 1.165) is 12.3 Å². The van der Waals surface area contributed by atoms with Gasteiger partial charge in [0.25, 0.3) is 0 Å². The Bertz CT molecular complexity index is 164. The molecule has 13 heavy (non-hydrogen) atoms. The van der Waals surface area contributed by atoms with Gasteiger partial charge in [-0.15, -0.1) is 0 Å². The van der Waals surface area contributed by atoms with Gasteiger partial charge in [0.05, 0.1) is 5.25 Å². The number of thioether (sulfide) groups is 1. The third-order valence-electron chi connectivity index (χ3n) is 2.73. The lowest BCUT2D eigenvalue weighted by Crippen LogP contribution is -2.25. The van der Waals surface area contributed by atoms with Gasteiger partial charge in [0.15, 0.2) is 0 Å². The summed E-state index contributed by atoms with van der Waals surface area (Å²) in [5, 5.41) is 7.65. The van der Waals surface area contributed by atoms with Crippen molar-refractivity contribution in [3.05, 3.63) is 0 Å². The molecular formula is C10H20N2S. The van der Waals surface area contributed by atoms with Crippen LogP contribution in [0.2, 0.25) is 0 Å². The van der Waals surface area contributed by atoms with E-state index in [1.807, 2.05) is 11.8 Å². The van der Waals surface area contributed by atoms with Gasteiger partial charge < -0.3 is 5.73 Å². The molecule has 0 heterocycles. The Kier molecular flexibility index (Phi) is 4.64. The molecule has 0 saturated heterocycles. The molecule has 1 unspecified atom stereocenters. The van der Waals surface area contributed by atoms with Gasteiger partial charge in [0.1, 0.15) is 5.84 Å². The number of amidine groups is 1. The fourth-order valence-electron chi connectivity index (χ4n) is 1.86. The van der Waals surface area contributed by atoms with Crippen LogP contribution in [0.5, 0.6) is 0 Å². The minimum atomic E-state index is 0.264. The van der Waals surface area contributed by atoms with Crippen LogP contribution in [0.1, 0.15) is 39.0 Å². The van der Waals surface area contributed by atoms with Crippen molar-refractivity contribution in [2.45, 2.75) is 44.3 Å². The van der Waals surface area contributed by atoms with Crippen LogP contribution in [0, 0.1) is 11.3 Å². The van der Waals surface area contributed by atoms with E-state index < -0.39 is 0 Å². The fraction of sp³-hybridized carbons (Fsp3) is 0.900. The summed E-state index contributed by atoms with van der Waals surface area (Å²) < 4.78 is 0. The van der Waals surface area contributed by atoms with Crippen LogP contribution in [0.25, 0.3) is 0 Å². The first-order valence-electron chi connectivity index (χ1n) is 5.19. The van der Waals surface area contributed by atoms with Crippen molar-refractivity contribution in [3.8, 4) is 0 Å². The van der Waals surface area contributed by atoms with Crippen molar-refractivity contribution in [1.82, 2.24) is 0 Å². The van der Waals surface area contributed by atoms with Crippen LogP contribution in [0.3, 0.4) is 0 Å². The van der Waals surface area contributed by atoms with E-state index >= 15 is 0 Å². The number of hydrogen-bond acceptors (Lipinski definition) is 2. The van der Waals surface area contributed by atoms with Crippen LogP contribution in [0.15, 0.2) is 0 Å². The summed E-state index contributed by atoms with van der Waals surface area (Å²) in [4.78, 5) is 0. The van der Waals surface area contributed by atoms with Crippen molar-refractivity contribution in [2.24, 2.45) is 11.7 Å². The van der Waals surface area contributed by atoms with Gasteiger partial charge in [-0.05, 0) is 30.9 Å². The second-order valence-electron chi connectivity index (χ2n) is 3.84. The minimum Gasteiger partial charge on any atom is -0.387 e. The third kappa shape index (κ3) is 3.59. The summed E-state index contributed by atoms with van der Waals surface area (Å²) in [5.74, 6) is 2.46. The number of rotatable bonds is 5. The maximum Gasteiger partial charge on any atom is 0.104 e. The molecule has 1 aliphatic rings. The average molecular weight is 200 g/mol. The van der Waals surface area contributed by atoms with Gasteiger partial charge in [0, 0.05) is 0 Å². The molecule has 1 aliphatic carbocycles. The highest BCUT2D eigenvalue weighted by molar-refractivity contribution is 8.00. The topological polar surface area (TPSA) is 49.9 Å². The zero-order valence-electron chi connectivity index (χ0n) is 8.38. The Balaban J connectivity index is 2.18. The van der Waals surface area contributed by atoms with E-state index in [1.54, 1.807) is 0 Å². The molecule has 3 heteroatoms. The number of nitrogens with two attached hydrogens (primary N) is 1. The number of hydrogen-bond donors (Lipinski definition) is 2. The molecule has 1 rings (SSSR count). The van der Waals surface area contributed by atoms with Crippen LogP contribution in [-0.2, 0) is 0 Å². The SMILES string of the molecule is CCC(SCC1CCCC1)C(=N)N. The van der Waals surface area contributed by atoms with Crippen LogP contribution in [-0.4, -0.2) is 16.8 Å². The van der Waals surface area contributed by atoms with Crippen molar-refractivity contribution < 1.29 is 0 Å². The van der Waals surface area contributed by atoms with Gasteiger partial charge in [-0.1, -0.05) is 19.8 Å². The summed E-state index contributed by atoms with van der Waals surface area (Å²) in [5.41, 5.74) is 5.49. The Hall–Kier alpha value is -0.180. The van der Waals surface area contributed by atoms with Crippen molar-refractivity contribution in [2.75, 3.05) is 5.75 Å². The van der Waals surface area contributed by atoms with E-state index in [1.165, 1.54) is 31.4 Å². The summed E-state index contributed by atoms with van der Waals surface area (Å²) in [6, 6.07) is 0. The normalized spacial score (nSPS) is 20.4. The van der Waals surface area contributed by atoms with E-state index in [0.29, 0.717) is 5.84 Å². The summed E-state index contributed by atoms with van der Waals surface area (Å²) >= 11 is 1.88. The highest BCUT2D eigenvalue weighted by Gasteiger charge is 2.18. The molecule has 0 bridgehead atoms. The maximum absolute atomic E-state index is 7.38. The fourth-order valence-corrected chi connectivity index (χ4v) is 3.11. The lowest BCUT2D eigenvalue weighted by molar-refractivity contribution is 0.622. The first kappa shape index (κ1) is 10.9. The van der Waals surface area contributed by atoms with E-state index in [9.17, 15) is 0 Å². The molecule has 0 aliphatic heterocycles. The van der Waals surface area contributed by atoms with Gasteiger partial charge in [-0.3, -0.25) is 5.41 Å². The van der Waals surface area contributed by atoms with Gasteiger partial charge in [0.2, 0.25) is 0 Å². The molecule has 1 atom stereocenters. The molecule has 0 aromatic rings. The Morgan fingerprint density at radius 3 is 2.62 bits per heavy atom. The summed E-state index contributed by atoms with van der Waals surface area (Å²) in [6.45, 7) is 2.10. The van der Waals surface area contributed by atoms with Crippen LogP contribution >= 0.6 is 11.8 Å². The van der Waals surface area contributed by atoms with E-state index in [2.05, 4.69) is 6.92 Å². The van der Waals surface area contributed by atoms with Gasteiger partial charge >= 0.3 is 0 Å². The molecular weight excluding hydrogens is 180 g/mol. The summed E-state index contributed by atoms with van der Waals surface area (Å²) in [6.07, 6.45) is 6.58. The Morgan fingerprint density at radius 1 is 1.54 bits per heavy atom. The third-order valence-corrected chi connectivity index (χ3v) is 4.38. The average Bonchev–Trinajstić information content (AvgIpc) is 2.57. The monoisotopic (exact) mass is 200 g/mol. The predicted molar refractivity (Wildman–Crippen MR) is 60.4 cm³/mol. The first-order valence-corrected chi connectivity index (χ1v) is 6.24. The molecule has 0 aromatic heterocycles. The van der Waals surface area contributed by atoms with Crippen LogP contribution in [0.4, 0.5) is 0 Å². The maximum atomic E-state index is 7.38. The lowest BCUT2D eigenvalue weighted by atomic mass is 10.1. The summed E-state index contributed by atoms with van der Waals surface area (Å²) in [7, 11) is 0. The highest BCUT2D eigenvalue weighted by atomic mass is 32.2.